The summed E-state index contributed by atoms with van der Waals surface area (Å²) in [6, 6.07) is 15.4. The molecule has 0 aliphatic carbocycles. The molecule has 1 aliphatic rings. The highest BCUT2D eigenvalue weighted by molar-refractivity contribution is 7.18. The van der Waals surface area contributed by atoms with Gasteiger partial charge in [0.05, 0.1) is 22.2 Å². The SMILES string of the molecule is Cc1cc(NC(=O)c2ccco2)sc1C(=O)N1CCCC1c1ccccc1. The Hall–Kier alpha value is -2.86. The van der Waals surface area contributed by atoms with Gasteiger partial charge in [0, 0.05) is 6.54 Å². The van der Waals surface area contributed by atoms with Crippen LogP contribution in [0, 0.1) is 6.92 Å². The smallest absolute Gasteiger partial charge is 0.291 e. The molecule has 1 atom stereocenters. The van der Waals surface area contributed by atoms with Gasteiger partial charge < -0.3 is 14.6 Å². The minimum absolute atomic E-state index is 0.0300. The normalized spacial score (nSPS) is 16.5. The summed E-state index contributed by atoms with van der Waals surface area (Å²) in [7, 11) is 0. The Morgan fingerprint density at radius 2 is 2.00 bits per heavy atom. The monoisotopic (exact) mass is 380 g/mol. The third-order valence-corrected chi connectivity index (χ3v) is 5.93. The van der Waals surface area contributed by atoms with Crippen LogP contribution in [0.2, 0.25) is 0 Å². The number of amides is 2. The number of thiophene rings is 1. The number of nitrogens with one attached hydrogen (secondary N) is 1. The largest absolute Gasteiger partial charge is 0.459 e. The molecule has 1 unspecified atom stereocenters. The quantitative estimate of drug-likeness (QED) is 0.702. The summed E-state index contributed by atoms with van der Waals surface area (Å²) >= 11 is 1.31. The zero-order valence-electron chi connectivity index (χ0n) is 15.0. The molecule has 3 aromatic rings. The number of likely N-dealkylation sites (tertiary alicyclic amines) is 1. The molecular formula is C21H20N2O3S. The van der Waals surface area contributed by atoms with E-state index in [1.807, 2.05) is 36.1 Å². The third kappa shape index (κ3) is 3.53. The minimum atomic E-state index is -0.316. The topological polar surface area (TPSA) is 62.6 Å². The van der Waals surface area contributed by atoms with Gasteiger partial charge in [-0.05, 0) is 49.1 Å². The van der Waals surface area contributed by atoms with Crippen molar-refractivity contribution in [2.75, 3.05) is 11.9 Å². The Bertz CT molecular complexity index is 947. The second-order valence-corrected chi connectivity index (χ2v) is 7.67. The summed E-state index contributed by atoms with van der Waals surface area (Å²) in [6.07, 6.45) is 3.43. The first-order chi connectivity index (χ1) is 13.1. The van der Waals surface area contributed by atoms with E-state index in [2.05, 4.69) is 17.4 Å². The third-order valence-electron chi connectivity index (χ3n) is 4.79. The van der Waals surface area contributed by atoms with Crippen molar-refractivity contribution in [2.45, 2.75) is 25.8 Å². The second-order valence-electron chi connectivity index (χ2n) is 6.62. The van der Waals surface area contributed by atoms with Crippen LogP contribution in [-0.4, -0.2) is 23.3 Å². The Kier molecular flexibility index (Phi) is 4.81. The van der Waals surface area contributed by atoms with Crippen LogP contribution >= 0.6 is 11.3 Å². The van der Waals surface area contributed by atoms with Crippen LogP contribution in [0.1, 0.15) is 50.2 Å². The van der Waals surface area contributed by atoms with Gasteiger partial charge in [-0.15, -0.1) is 11.3 Å². The maximum atomic E-state index is 13.2. The molecular weight excluding hydrogens is 360 g/mol. The van der Waals surface area contributed by atoms with Crippen LogP contribution < -0.4 is 5.32 Å². The van der Waals surface area contributed by atoms with E-state index in [-0.39, 0.29) is 23.6 Å². The molecule has 1 aliphatic heterocycles. The van der Waals surface area contributed by atoms with Crippen molar-refractivity contribution in [3.8, 4) is 0 Å². The van der Waals surface area contributed by atoms with Gasteiger partial charge in [0.2, 0.25) is 0 Å². The molecule has 0 radical (unpaired) electrons. The number of carbonyl (C=O) groups is 2. The summed E-state index contributed by atoms with van der Waals surface area (Å²) in [5.41, 5.74) is 2.04. The van der Waals surface area contributed by atoms with Crippen LogP contribution in [0.25, 0.3) is 0 Å². The Morgan fingerprint density at radius 3 is 2.74 bits per heavy atom. The van der Waals surface area contributed by atoms with E-state index in [0.717, 1.165) is 24.9 Å². The molecule has 0 spiro atoms. The van der Waals surface area contributed by atoms with Crippen LogP contribution in [0.5, 0.6) is 0 Å². The fraction of sp³-hybridized carbons (Fsp3) is 0.238. The first kappa shape index (κ1) is 17.5. The zero-order chi connectivity index (χ0) is 18.8. The predicted octanol–water partition coefficient (Wildman–Crippen LogP) is 4.88. The van der Waals surface area contributed by atoms with E-state index in [9.17, 15) is 9.59 Å². The van der Waals surface area contributed by atoms with Gasteiger partial charge in [-0.2, -0.15) is 0 Å². The Morgan fingerprint density at radius 1 is 1.19 bits per heavy atom. The molecule has 1 saturated heterocycles. The van der Waals surface area contributed by atoms with Crippen molar-refractivity contribution in [3.05, 3.63) is 76.6 Å². The van der Waals surface area contributed by atoms with Gasteiger partial charge in [-0.1, -0.05) is 30.3 Å². The number of anilines is 1. The van der Waals surface area contributed by atoms with Crippen molar-refractivity contribution in [3.63, 3.8) is 0 Å². The number of hydrogen-bond donors (Lipinski definition) is 1. The fourth-order valence-corrected chi connectivity index (χ4v) is 4.52. The second kappa shape index (κ2) is 7.40. The number of aryl methyl sites for hydroxylation is 1. The van der Waals surface area contributed by atoms with E-state index in [0.29, 0.717) is 9.88 Å². The summed E-state index contributed by atoms with van der Waals surface area (Å²) in [4.78, 5) is 28.0. The first-order valence-electron chi connectivity index (χ1n) is 8.94. The number of rotatable bonds is 4. The highest BCUT2D eigenvalue weighted by Crippen LogP contribution is 2.36. The molecule has 138 valence electrons. The number of carbonyl (C=O) groups excluding carboxylic acids is 2. The van der Waals surface area contributed by atoms with Gasteiger partial charge >= 0.3 is 0 Å². The van der Waals surface area contributed by atoms with Crippen molar-refractivity contribution >= 4 is 28.2 Å². The summed E-state index contributed by atoms with van der Waals surface area (Å²) in [5, 5.41) is 3.46. The van der Waals surface area contributed by atoms with Crippen molar-refractivity contribution in [1.29, 1.82) is 0 Å². The van der Waals surface area contributed by atoms with E-state index in [1.165, 1.54) is 23.2 Å². The molecule has 27 heavy (non-hydrogen) atoms. The maximum absolute atomic E-state index is 13.2. The van der Waals surface area contributed by atoms with Gasteiger partial charge in [0.25, 0.3) is 11.8 Å². The van der Waals surface area contributed by atoms with Gasteiger partial charge in [0.1, 0.15) is 0 Å². The molecule has 4 rings (SSSR count). The number of furan rings is 1. The zero-order valence-corrected chi connectivity index (χ0v) is 15.8. The van der Waals surface area contributed by atoms with Crippen LogP contribution in [0.4, 0.5) is 5.00 Å². The molecule has 1 aromatic carbocycles. The lowest BCUT2D eigenvalue weighted by atomic mass is 10.0. The summed E-state index contributed by atoms with van der Waals surface area (Å²) in [6.45, 7) is 2.66. The summed E-state index contributed by atoms with van der Waals surface area (Å²) < 4.78 is 5.11. The average molecular weight is 380 g/mol. The molecule has 3 heterocycles. The van der Waals surface area contributed by atoms with E-state index in [4.69, 9.17) is 4.42 Å². The standard InChI is InChI=1S/C21H20N2O3S/c1-14-13-18(22-20(24)17-10-6-12-26-17)27-19(14)21(25)23-11-5-9-16(23)15-7-3-2-4-8-15/h2-4,6-8,10,12-13,16H,5,9,11H2,1H3,(H,22,24). The van der Waals surface area contributed by atoms with Crippen molar-refractivity contribution in [2.24, 2.45) is 0 Å². The fourth-order valence-electron chi connectivity index (χ4n) is 3.50. The Balaban J connectivity index is 1.53. The molecule has 0 saturated carbocycles. The lowest BCUT2D eigenvalue weighted by Crippen LogP contribution is -2.30. The lowest BCUT2D eigenvalue weighted by molar-refractivity contribution is 0.0739. The van der Waals surface area contributed by atoms with Crippen molar-refractivity contribution in [1.82, 2.24) is 4.90 Å². The molecule has 5 nitrogen and oxygen atoms in total. The highest BCUT2D eigenvalue weighted by atomic mass is 32.1. The molecule has 6 heteroatoms. The number of hydrogen-bond acceptors (Lipinski definition) is 4. The Labute approximate surface area is 161 Å². The maximum Gasteiger partial charge on any atom is 0.291 e. The molecule has 2 amide bonds. The molecule has 1 fully saturated rings. The highest BCUT2D eigenvalue weighted by Gasteiger charge is 2.32. The van der Waals surface area contributed by atoms with Crippen molar-refractivity contribution < 1.29 is 14.0 Å². The first-order valence-corrected chi connectivity index (χ1v) is 9.76. The van der Waals surface area contributed by atoms with Crippen LogP contribution in [0.15, 0.2) is 59.2 Å². The van der Waals surface area contributed by atoms with Crippen LogP contribution in [0.3, 0.4) is 0 Å². The van der Waals surface area contributed by atoms with E-state index in [1.54, 1.807) is 12.1 Å². The number of benzene rings is 1. The van der Waals surface area contributed by atoms with Gasteiger partial charge in [0.15, 0.2) is 5.76 Å². The summed E-state index contributed by atoms with van der Waals surface area (Å²) in [5.74, 6) is -0.0384. The predicted molar refractivity (Wildman–Crippen MR) is 105 cm³/mol. The minimum Gasteiger partial charge on any atom is -0.459 e. The van der Waals surface area contributed by atoms with E-state index >= 15 is 0 Å². The lowest BCUT2D eigenvalue weighted by Gasteiger charge is -2.25. The molecule has 0 bridgehead atoms. The van der Waals surface area contributed by atoms with Gasteiger partial charge in [-0.25, -0.2) is 0 Å². The number of nitrogens with zero attached hydrogens (tertiary/aromatic N) is 1. The average Bonchev–Trinajstić information content (AvgIpc) is 3.43. The van der Waals surface area contributed by atoms with E-state index < -0.39 is 0 Å². The molecule has 2 aromatic heterocycles. The molecule has 1 N–H and O–H groups in total. The van der Waals surface area contributed by atoms with Crippen LogP contribution in [-0.2, 0) is 0 Å². The van der Waals surface area contributed by atoms with Gasteiger partial charge in [-0.3, -0.25) is 9.59 Å².